The zero-order valence-electron chi connectivity index (χ0n) is 8.95. The van der Waals surface area contributed by atoms with Gasteiger partial charge in [-0.15, -0.1) is 0 Å². The first-order valence-electron chi connectivity index (χ1n) is 4.84. The van der Waals surface area contributed by atoms with Crippen LogP contribution in [0.2, 0.25) is 0 Å². The summed E-state index contributed by atoms with van der Waals surface area (Å²) in [5.74, 6) is 0.944. The summed E-state index contributed by atoms with van der Waals surface area (Å²) in [4.78, 5) is 0. The Kier molecular flexibility index (Phi) is 4.16. The van der Waals surface area contributed by atoms with Crippen LogP contribution in [0.4, 0.5) is 0 Å². The normalized spacial score (nSPS) is 39.7. The van der Waals surface area contributed by atoms with Gasteiger partial charge >= 0.3 is 0 Å². The maximum Gasteiger partial charge on any atom is 0.0605 e. The maximum absolute atomic E-state index is 5.73. The molecular weight excluding hydrogens is 168 g/mol. The molecular formula is C10H20O3. The van der Waals surface area contributed by atoms with Gasteiger partial charge in [0.05, 0.1) is 25.4 Å². The van der Waals surface area contributed by atoms with Gasteiger partial charge < -0.3 is 14.2 Å². The standard InChI is InChI=1S/C10H20O3/c1-7-9(5-11-3)10(6-12-4)8(2)13-7/h7-10H,5-6H2,1-4H3/t7-,8-,9-,10+/m0/s1. The molecule has 1 fully saturated rings. The zero-order chi connectivity index (χ0) is 9.84. The molecule has 0 bridgehead atoms. The first-order valence-corrected chi connectivity index (χ1v) is 4.84. The van der Waals surface area contributed by atoms with Crippen molar-refractivity contribution in [2.45, 2.75) is 26.1 Å². The lowest BCUT2D eigenvalue weighted by Gasteiger charge is -2.20. The number of hydrogen-bond donors (Lipinski definition) is 0. The van der Waals surface area contributed by atoms with Crippen LogP contribution in [0.3, 0.4) is 0 Å². The summed E-state index contributed by atoms with van der Waals surface area (Å²) in [7, 11) is 3.47. The molecule has 1 aliphatic rings. The fourth-order valence-electron chi connectivity index (χ4n) is 2.14. The fourth-order valence-corrected chi connectivity index (χ4v) is 2.14. The Morgan fingerprint density at radius 2 is 1.31 bits per heavy atom. The van der Waals surface area contributed by atoms with Crippen molar-refractivity contribution in [3.8, 4) is 0 Å². The van der Waals surface area contributed by atoms with Crippen molar-refractivity contribution in [3.05, 3.63) is 0 Å². The van der Waals surface area contributed by atoms with Crippen LogP contribution < -0.4 is 0 Å². The summed E-state index contributed by atoms with van der Waals surface area (Å²) in [5.41, 5.74) is 0. The molecule has 4 atom stereocenters. The minimum atomic E-state index is 0.287. The maximum atomic E-state index is 5.73. The van der Waals surface area contributed by atoms with Crippen molar-refractivity contribution in [2.75, 3.05) is 27.4 Å². The molecule has 0 saturated carbocycles. The Bertz CT molecular complexity index is 133. The van der Waals surface area contributed by atoms with E-state index in [2.05, 4.69) is 13.8 Å². The average Bonchev–Trinajstić information content (AvgIpc) is 2.33. The molecule has 1 aliphatic heterocycles. The van der Waals surface area contributed by atoms with Crippen LogP contribution in [0.25, 0.3) is 0 Å². The van der Waals surface area contributed by atoms with Crippen LogP contribution in [-0.4, -0.2) is 39.6 Å². The highest BCUT2D eigenvalue weighted by Crippen LogP contribution is 2.32. The molecule has 0 amide bonds. The van der Waals surface area contributed by atoms with Gasteiger partial charge in [-0.3, -0.25) is 0 Å². The topological polar surface area (TPSA) is 27.7 Å². The first kappa shape index (κ1) is 11.0. The van der Waals surface area contributed by atoms with Gasteiger partial charge in [0.1, 0.15) is 0 Å². The molecule has 0 unspecified atom stereocenters. The average molecular weight is 188 g/mol. The number of rotatable bonds is 4. The lowest BCUT2D eigenvalue weighted by molar-refractivity contribution is 0.0364. The van der Waals surface area contributed by atoms with Crippen LogP contribution in [0, 0.1) is 11.8 Å². The molecule has 0 radical (unpaired) electrons. The molecule has 0 spiro atoms. The van der Waals surface area contributed by atoms with E-state index in [9.17, 15) is 0 Å². The summed E-state index contributed by atoms with van der Waals surface area (Å²) in [6.07, 6.45) is 0.574. The lowest BCUT2D eigenvalue weighted by atomic mass is 9.89. The second kappa shape index (κ2) is 4.94. The molecule has 0 aromatic heterocycles. The number of hydrogen-bond acceptors (Lipinski definition) is 3. The quantitative estimate of drug-likeness (QED) is 0.666. The Balaban J connectivity index is 2.54. The van der Waals surface area contributed by atoms with Gasteiger partial charge in [-0.2, -0.15) is 0 Å². The van der Waals surface area contributed by atoms with E-state index in [-0.39, 0.29) is 12.2 Å². The first-order chi connectivity index (χ1) is 6.20. The van der Waals surface area contributed by atoms with Crippen molar-refractivity contribution >= 4 is 0 Å². The predicted molar refractivity (Wildman–Crippen MR) is 50.7 cm³/mol. The third-order valence-corrected chi connectivity index (χ3v) is 2.90. The molecule has 0 aromatic rings. The summed E-state index contributed by atoms with van der Waals surface area (Å²) >= 11 is 0. The zero-order valence-corrected chi connectivity index (χ0v) is 8.95. The Labute approximate surface area is 80.4 Å². The van der Waals surface area contributed by atoms with E-state index in [1.165, 1.54) is 0 Å². The highest BCUT2D eigenvalue weighted by Gasteiger charge is 2.39. The van der Waals surface area contributed by atoms with Crippen LogP contribution in [0.15, 0.2) is 0 Å². The minimum Gasteiger partial charge on any atom is -0.384 e. The third kappa shape index (κ3) is 2.42. The predicted octanol–water partition coefficient (Wildman–Crippen LogP) is 1.32. The summed E-state index contributed by atoms with van der Waals surface area (Å²) in [6.45, 7) is 5.74. The van der Waals surface area contributed by atoms with E-state index >= 15 is 0 Å². The second-order valence-electron chi connectivity index (χ2n) is 3.78. The summed E-state index contributed by atoms with van der Waals surface area (Å²) < 4.78 is 16.1. The van der Waals surface area contributed by atoms with E-state index in [1.54, 1.807) is 14.2 Å². The smallest absolute Gasteiger partial charge is 0.0605 e. The molecule has 1 heterocycles. The van der Waals surface area contributed by atoms with Gasteiger partial charge in [0.15, 0.2) is 0 Å². The van der Waals surface area contributed by atoms with E-state index in [4.69, 9.17) is 14.2 Å². The number of ether oxygens (including phenoxy) is 3. The van der Waals surface area contributed by atoms with E-state index in [0.717, 1.165) is 13.2 Å². The Morgan fingerprint density at radius 1 is 0.923 bits per heavy atom. The fraction of sp³-hybridized carbons (Fsp3) is 1.00. The summed E-state index contributed by atoms with van der Waals surface area (Å²) in [6, 6.07) is 0. The van der Waals surface area contributed by atoms with Gasteiger partial charge in [0, 0.05) is 26.1 Å². The lowest BCUT2D eigenvalue weighted by Crippen LogP contribution is -2.27. The van der Waals surface area contributed by atoms with Crippen molar-refractivity contribution in [3.63, 3.8) is 0 Å². The molecule has 1 saturated heterocycles. The minimum absolute atomic E-state index is 0.287. The molecule has 0 aliphatic carbocycles. The van der Waals surface area contributed by atoms with Gasteiger partial charge in [0.25, 0.3) is 0 Å². The van der Waals surface area contributed by atoms with Crippen molar-refractivity contribution in [1.82, 2.24) is 0 Å². The van der Waals surface area contributed by atoms with E-state index < -0.39 is 0 Å². The molecule has 78 valence electrons. The van der Waals surface area contributed by atoms with Crippen molar-refractivity contribution in [2.24, 2.45) is 11.8 Å². The van der Waals surface area contributed by atoms with Crippen LogP contribution in [-0.2, 0) is 14.2 Å². The molecule has 13 heavy (non-hydrogen) atoms. The van der Waals surface area contributed by atoms with E-state index in [1.807, 2.05) is 0 Å². The van der Waals surface area contributed by atoms with Crippen LogP contribution in [0.5, 0.6) is 0 Å². The van der Waals surface area contributed by atoms with Crippen molar-refractivity contribution < 1.29 is 14.2 Å². The molecule has 3 heteroatoms. The van der Waals surface area contributed by atoms with Crippen LogP contribution >= 0.6 is 0 Å². The number of methoxy groups -OCH3 is 2. The van der Waals surface area contributed by atoms with Crippen molar-refractivity contribution in [1.29, 1.82) is 0 Å². The van der Waals surface area contributed by atoms with Gasteiger partial charge in [0.2, 0.25) is 0 Å². The summed E-state index contributed by atoms with van der Waals surface area (Å²) in [5, 5.41) is 0. The van der Waals surface area contributed by atoms with Gasteiger partial charge in [-0.05, 0) is 13.8 Å². The second-order valence-corrected chi connectivity index (χ2v) is 3.78. The largest absolute Gasteiger partial charge is 0.384 e. The van der Waals surface area contributed by atoms with E-state index in [0.29, 0.717) is 11.8 Å². The monoisotopic (exact) mass is 188 g/mol. The van der Waals surface area contributed by atoms with Gasteiger partial charge in [-0.25, -0.2) is 0 Å². The molecule has 1 rings (SSSR count). The molecule has 0 N–H and O–H groups in total. The highest BCUT2D eigenvalue weighted by molar-refractivity contribution is 4.86. The molecule has 3 nitrogen and oxygen atoms in total. The Morgan fingerprint density at radius 3 is 1.62 bits per heavy atom. The van der Waals surface area contributed by atoms with Crippen LogP contribution in [0.1, 0.15) is 13.8 Å². The van der Waals surface area contributed by atoms with Gasteiger partial charge in [-0.1, -0.05) is 0 Å². The molecule has 0 aromatic carbocycles. The third-order valence-electron chi connectivity index (χ3n) is 2.90. The highest BCUT2D eigenvalue weighted by atomic mass is 16.5. The SMILES string of the molecule is COC[C@@H]1[C@H](COC)[C@H](C)O[C@H]1C. The Hall–Kier alpha value is -0.120.